The molecule has 0 unspecified atom stereocenters. The lowest BCUT2D eigenvalue weighted by molar-refractivity contribution is 0.0886. The average Bonchev–Trinajstić information content (AvgIpc) is 3.12. The minimum absolute atomic E-state index is 0.0611. The van der Waals surface area contributed by atoms with Crippen LogP contribution in [0.5, 0.6) is 0 Å². The normalized spacial score (nSPS) is 13.9. The van der Waals surface area contributed by atoms with Gasteiger partial charge in [0, 0.05) is 17.3 Å². The van der Waals surface area contributed by atoms with Gasteiger partial charge in [0.15, 0.2) is 5.13 Å². The summed E-state index contributed by atoms with van der Waals surface area (Å²) in [5.74, 6) is 0.00307. The Morgan fingerprint density at radius 2 is 2.14 bits per heavy atom. The van der Waals surface area contributed by atoms with Gasteiger partial charge < -0.3 is 15.0 Å². The molecule has 2 heterocycles. The van der Waals surface area contributed by atoms with Gasteiger partial charge in [-0.15, -0.1) is 11.3 Å². The van der Waals surface area contributed by atoms with Crippen LogP contribution < -0.4 is 5.32 Å². The molecule has 0 bridgehead atoms. The van der Waals surface area contributed by atoms with Crippen LogP contribution in [0.1, 0.15) is 35.6 Å². The second-order valence-corrected chi connectivity index (χ2v) is 6.32. The number of aliphatic hydroxyl groups is 1. The Labute approximate surface area is 128 Å². The number of thiazole rings is 1. The third-order valence-corrected chi connectivity index (χ3v) is 4.65. The van der Waals surface area contributed by atoms with E-state index in [4.69, 9.17) is 0 Å². The fourth-order valence-corrected chi connectivity index (χ4v) is 2.93. The summed E-state index contributed by atoms with van der Waals surface area (Å²) in [7, 11) is 0. The number of hydrogen-bond acceptors (Lipinski definition) is 4. The molecule has 0 aliphatic carbocycles. The molecule has 2 atom stereocenters. The van der Waals surface area contributed by atoms with Gasteiger partial charge in [0.25, 0.3) is 5.91 Å². The fraction of sp³-hybridized carbons (Fsp3) is 0.467. The van der Waals surface area contributed by atoms with E-state index < -0.39 is 0 Å². The van der Waals surface area contributed by atoms with Crippen LogP contribution in [0.15, 0.2) is 24.5 Å². The lowest BCUT2D eigenvalue weighted by Gasteiger charge is -2.21. The molecule has 0 aromatic carbocycles. The molecule has 6 heteroatoms. The number of rotatable bonds is 6. The Balaban J connectivity index is 2.16. The third-order valence-electron chi connectivity index (χ3n) is 3.67. The molecule has 2 aromatic rings. The van der Waals surface area contributed by atoms with Crippen molar-refractivity contribution in [3.8, 4) is 5.13 Å². The molecule has 5 nitrogen and oxygen atoms in total. The van der Waals surface area contributed by atoms with Gasteiger partial charge in [-0.1, -0.05) is 20.3 Å². The number of amides is 1. The molecule has 0 radical (unpaired) electrons. The summed E-state index contributed by atoms with van der Waals surface area (Å²) < 4.78 is 1.88. The highest BCUT2D eigenvalue weighted by Gasteiger charge is 2.22. The fourth-order valence-electron chi connectivity index (χ4n) is 2.05. The molecular formula is C15H21N3O2S. The Bertz CT molecular complexity index is 592. The molecular weight excluding hydrogens is 286 g/mol. The molecule has 1 amide bonds. The van der Waals surface area contributed by atoms with Gasteiger partial charge >= 0.3 is 0 Å². The standard InChI is InChI=1S/C15H21N3O2S/c1-4-10(2)12(9-19)16-14(20)13-11(3)21-15(17-13)18-7-5-6-8-18/h5-8,10,12,19H,4,9H2,1-3H3,(H,16,20)/t10-,12+/m0/s1. The van der Waals surface area contributed by atoms with E-state index in [1.807, 2.05) is 49.9 Å². The largest absolute Gasteiger partial charge is 0.394 e. The number of carbonyl (C=O) groups is 1. The summed E-state index contributed by atoms with van der Waals surface area (Å²) in [6.07, 6.45) is 4.70. The topological polar surface area (TPSA) is 67.2 Å². The first kappa shape index (κ1) is 15.7. The summed E-state index contributed by atoms with van der Waals surface area (Å²) in [6, 6.07) is 3.60. The highest BCUT2D eigenvalue weighted by atomic mass is 32.1. The Kier molecular flexibility index (Phi) is 5.14. The summed E-state index contributed by atoms with van der Waals surface area (Å²) in [5.41, 5.74) is 0.436. The van der Waals surface area contributed by atoms with E-state index in [-0.39, 0.29) is 24.5 Å². The maximum absolute atomic E-state index is 12.4. The summed E-state index contributed by atoms with van der Waals surface area (Å²) in [5, 5.41) is 13.1. The number of nitrogens with zero attached hydrogens (tertiary/aromatic N) is 2. The summed E-state index contributed by atoms with van der Waals surface area (Å²) in [6.45, 7) is 5.88. The van der Waals surface area contributed by atoms with E-state index in [0.717, 1.165) is 16.4 Å². The first-order chi connectivity index (χ1) is 10.1. The van der Waals surface area contributed by atoms with E-state index in [2.05, 4.69) is 10.3 Å². The van der Waals surface area contributed by atoms with Crippen molar-refractivity contribution in [1.82, 2.24) is 14.9 Å². The molecule has 0 aliphatic rings. The van der Waals surface area contributed by atoms with Crippen LogP contribution in [0.3, 0.4) is 0 Å². The van der Waals surface area contributed by atoms with Crippen LogP contribution >= 0.6 is 11.3 Å². The van der Waals surface area contributed by atoms with Gasteiger partial charge in [0.1, 0.15) is 5.69 Å². The minimum Gasteiger partial charge on any atom is -0.394 e. The minimum atomic E-state index is -0.237. The van der Waals surface area contributed by atoms with E-state index in [1.165, 1.54) is 11.3 Å². The first-order valence-electron chi connectivity index (χ1n) is 7.09. The van der Waals surface area contributed by atoms with Gasteiger partial charge in [-0.05, 0) is 25.0 Å². The van der Waals surface area contributed by atoms with E-state index in [1.54, 1.807) is 0 Å². The van der Waals surface area contributed by atoms with Gasteiger partial charge in [-0.3, -0.25) is 4.79 Å². The van der Waals surface area contributed by atoms with E-state index >= 15 is 0 Å². The van der Waals surface area contributed by atoms with Crippen molar-refractivity contribution in [2.45, 2.75) is 33.2 Å². The number of carbonyl (C=O) groups excluding carboxylic acids is 1. The van der Waals surface area contributed by atoms with Gasteiger partial charge in [-0.25, -0.2) is 4.98 Å². The van der Waals surface area contributed by atoms with Crippen molar-refractivity contribution < 1.29 is 9.90 Å². The SMILES string of the molecule is CC[C@H](C)[C@@H](CO)NC(=O)c1nc(-n2cccc2)sc1C. The maximum atomic E-state index is 12.4. The van der Waals surface area contributed by atoms with Crippen LogP contribution in [0.4, 0.5) is 0 Å². The zero-order chi connectivity index (χ0) is 15.4. The predicted octanol–water partition coefficient (Wildman–Crippen LogP) is 2.38. The van der Waals surface area contributed by atoms with Crippen molar-refractivity contribution in [1.29, 1.82) is 0 Å². The number of hydrogen-bond donors (Lipinski definition) is 2. The van der Waals surface area contributed by atoms with E-state index in [0.29, 0.717) is 5.69 Å². The van der Waals surface area contributed by atoms with Crippen molar-refractivity contribution in [2.75, 3.05) is 6.61 Å². The quantitative estimate of drug-likeness (QED) is 0.861. The van der Waals surface area contributed by atoms with Crippen molar-refractivity contribution in [2.24, 2.45) is 5.92 Å². The maximum Gasteiger partial charge on any atom is 0.271 e. The summed E-state index contributed by atoms with van der Waals surface area (Å²) in [4.78, 5) is 17.6. The molecule has 2 rings (SSSR count). The monoisotopic (exact) mass is 307 g/mol. The second kappa shape index (κ2) is 6.87. The number of aromatic nitrogens is 2. The molecule has 114 valence electrons. The van der Waals surface area contributed by atoms with Crippen LogP contribution in [0.25, 0.3) is 5.13 Å². The summed E-state index contributed by atoms with van der Waals surface area (Å²) >= 11 is 1.48. The second-order valence-electron chi connectivity index (χ2n) is 5.14. The van der Waals surface area contributed by atoms with Crippen LogP contribution in [0, 0.1) is 12.8 Å². The van der Waals surface area contributed by atoms with Gasteiger partial charge in [0.2, 0.25) is 0 Å². The molecule has 0 fully saturated rings. The molecule has 2 aromatic heterocycles. The molecule has 0 spiro atoms. The Morgan fingerprint density at radius 1 is 1.48 bits per heavy atom. The van der Waals surface area contributed by atoms with Gasteiger partial charge in [0.05, 0.1) is 12.6 Å². The smallest absolute Gasteiger partial charge is 0.271 e. The van der Waals surface area contributed by atoms with Gasteiger partial charge in [-0.2, -0.15) is 0 Å². The molecule has 0 aliphatic heterocycles. The lowest BCUT2D eigenvalue weighted by Crippen LogP contribution is -2.42. The van der Waals surface area contributed by atoms with Crippen LogP contribution in [-0.2, 0) is 0 Å². The molecule has 2 N–H and O–H groups in total. The number of nitrogens with one attached hydrogen (secondary N) is 1. The zero-order valence-corrected chi connectivity index (χ0v) is 13.4. The Hall–Kier alpha value is -1.66. The van der Waals surface area contributed by atoms with Crippen LogP contribution in [0.2, 0.25) is 0 Å². The predicted molar refractivity (Wildman–Crippen MR) is 84.0 cm³/mol. The molecule has 21 heavy (non-hydrogen) atoms. The van der Waals surface area contributed by atoms with Crippen molar-refractivity contribution in [3.63, 3.8) is 0 Å². The third kappa shape index (κ3) is 3.51. The highest BCUT2D eigenvalue weighted by Crippen LogP contribution is 2.21. The number of aryl methyl sites for hydroxylation is 1. The zero-order valence-electron chi connectivity index (χ0n) is 12.5. The molecule has 0 saturated heterocycles. The molecule has 0 saturated carbocycles. The van der Waals surface area contributed by atoms with E-state index in [9.17, 15) is 9.90 Å². The average molecular weight is 307 g/mol. The lowest BCUT2D eigenvalue weighted by atomic mass is 10.00. The number of aliphatic hydroxyl groups excluding tert-OH is 1. The Morgan fingerprint density at radius 3 is 2.71 bits per heavy atom. The van der Waals surface area contributed by atoms with Crippen LogP contribution in [-0.4, -0.2) is 33.2 Å². The highest BCUT2D eigenvalue weighted by molar-refractivity contribution is 7.14. The van der Waals surface area contributed by atoms with Crippen molar-refractivity contribution in [3.05, 3.63) is 35.1 Å². The first-order valence-corrected chi connectivity index (χ1v) is 7.91. The van der Waals surface area contributed by atoms with Crippen molar-refractivity contribution >= 4 is 17.2 Å².